The van der Waals surface area contributed by atoms with E-state index in [-0.39, 0.29) is 5.92 Å². The van der Waals surface area contributed by atoms with Gasteiger partial charge in [0, 0.05) is 5.69 Å². The third-order valence-electron chi connectivity index (χ3n) is 3.68. The highest BCUT2D eigenvalue weighted by Gasteiger charge is 2.27. The lowest BCUT2D eigenvalue weighted by molar-refractivity contribution is -0.118. The molecule has 0 heterocycles. The van der Waals surface area contributed by atoms with Crippen molar-refractivity contribution in [2.45, 2.75) is 19.9 Å². The molecule has 0 aliphatic rings. The van der Waals surface area contributed by atoms with Crippen molar-refractivity contribution < 1.29 is 18.4 Å². The van der Waals surface area contributed by atoms with Crippen LogP contribution in [-0.2, 0) is 4.79 Å². The van der Waals surface area contributed by atoms with Crippen molar-refractivity contribution in [3.8, 4) is 6.07 Å². The van der Waals surface area contributed by atoms with Gasteiger partial charge in [-0.25, -0.2) is 8.78 Å². The molecular formula is C19H17F2N3O2. The topological polar surface area (TPSA) is 82.0 Å². The molecule has 0 saturated heterocycles. The van der Waals surface area contributed by atoms with Crippen LogP contribution in [0.15, 0.2) is 42.5 Å². The van der Waals surface area contributed by atoms with E-state index >= 15 is 0 Å². The Morgan fingerprint density at radius 2 is 1.69 bits per heavy atom. The van der Waals surface area contributed by atoms with E-state index in [0.717, 1.165) is 18.2 Å². The maximum atomic E-state index is 13.8. The first-order valence-electron chi connectivity index (χ1n) is 7.89. The fraction of sp³-hybridized carbons (Fsp3) is 0.211. The molecule has 2 aromatic rings. The number of rotatable bonds is 5. The molecule has 1 atom stereocenters. The Morgan fingerprint density at radius 1 is 1.08 bits per heavy atom. The second kappa shape index (κ2) is 8.21. The standard InChI is InChI=1S/C19H17F2N3O2/c1-11(2)17(19(26)23-13-6-3-5-12(9-13)10-22)24-18(25)16-14(20)7-4-8-15(16)21/h3-9,11,17H,1-2H3,(H,23,26)(H,24,25). The first-order valence-corrected chi connectivity index (χ1v) is 7.89. The van der Waals surface area contributed by atoms with E-state index in [2.05, 4.69) is 10.6 Å². The van der Waals surface area contributed by atoms with E-state index in [9.17, 15) is 18.4 Å². The van der Waals surface area contributed by atoms with Gasteiger partial charge in [0.1, 0.15) is 23.2 Å². The normalized spacial score (nSPS) is 11.5. The molecule has 2 aromatic carbocycles. The van der Waals surface area contributed by atoms with Gasteiger partial charge in [0.2, 0.25) is 5.91 Å². The second-order valence-electron chi connectivity index (χ2n) is 5.97. The van der Waals surface area contributed by atoms with Crippen molar-refractivity contribution in [2.24, 2.45) is 5.92 Å². The minimum Gasteiger partial charge on any atom is -0.340 e. The molecule has 2 amide bonds. The van der Waals surface area contributed by atoms with Gasteiger partial charge < -0.3 is 10.6 Å². The Bertz CT molecular complexity index is 855. The van der Waals surface area contributed by atoms with E-state index < -0.39 is 35.1 Å². The molecule has 134 valence electrons. The smallest absolute Gasteiger partial charge is 0.257 e. The number of hydrogen-bond donors (Lipinski definition) is 2. The Hall–Kier alpha value is -3.27. The lowest BCUT2D eigenvalue weighted by Crippen LogP contribution is -2.47. The zero-order valence-corrected chi connectivity index (χ0v) is 14.2. The molecule has 0 spiro atoms. The average molecular weight is 357 g/mol. The van der Waals surface area contributed by atoms with Crippen LogP contribution in [0.5, 0.6) is 0 Å². The molecule has 0 fully saturated rings. The molecule has 0 aromatic heterocycles. The quantitative estimate of drug-likeness (QED) is 0.862. The van der Waals surface area contributed by atoms with Crippen LogP contribution < -0.4 is 10.6 Å². The minimum atomic E-state index is -1.02. The number of hydrogen-bond acceptors (Lipinski definition) is 3. The van der Waals surface area contributed by atoms with Crippen molar-refractivity contribution in [3.63, 3.8) is 0 Å². The number of carbonyl (C=O) groups is 2. The molecule has 26 heavy (non-hydrogen) atoms. The van der Waals surface area contributed by atoms with Crippen molar-refractivity contribution in [1.29, 1.82) is 5.26 Å². The SMILES string of the molecule is CC(C)C(NC(=O)c1c(F)cccc1F)C(=O)Nc1cccc(C#N)c1. The summed E-state index contributed by atoms with van der Waals surface area (Å²) in [7, 11) is 0. The van der Waals surface area contributed by atoms with Crippen LogP contribution in [0.25, 0.3) is 0 Å². The number of nitriles is 1. The predicted molar refractivity (Wildman–Crippen MR) is 92.2 cm³/mol. The van der Waals surface area contributed by atoms with Crippen molar-refractivity contribution in [3.05, 3.63) is 65.2 Å². The van der Waals surface area contributed by atoms with E-state index in [1.165, 1.54) is 6.07 Å². The number of benzene rings is 2. The fourth-order valence-electron chi connectivity index (χ4n) is 2.35. The number of amides is 2. The molecule has 0 aliphatic heterocycles. The molecule has 0 bridgehead atoms. The van der Waals surface area contributed by atoms with Gasteiger partial charge in [-0.3, -0.25) is 9.59 Å². The largest absolute Gasteiger partial charge is 0.340 e. The van der Waals surface area contributed by atoms with Gasteiger partial charge in [-0.15, -0.1) is 0 Å². The Labute approximate surface area is 149 Å². The van der Waals surface area contributed by atoms with E-state index in [1.54, 1.807) is 32.0 Å². The zero-order chi connectivity index (χ0) is 19.3. The third-order valence-corrected chi connectivity index (χ3v) is 3.68. The van der Waals surface area contributed by atoms with Crippen LogP contribution in [0.2, 0.25) is 0 Å². The van der Waals surface area contributed by atoms with Gasteiger partial charge >= 0.3 is 0 Å². The van der Waals surface area contributed by atoms with Gasteiger partial charge in [0.15, 0.2) is 0 Å². The maximum Gasteiger partial charge on any atom is 0.257 e. The average Bonchev–Trinajstić information content (AvgIpc) is 2.59. The van der Waals surface area contributed by atoms with Crippen LogP contribution in [0.3, 0.4) is 0 Å². The highest BCUT2D eigenvalue weighted by molar-refractivity contribution is 6.01. The molecular weight excluding hydrogens is 340 g/mol. The molecule has 5 nitrogen and oxygen atoms in total. The number of nitrogens with one attached hydrogen (secondary N) is 2. The maximum absolute atomic E-state index is 13.8. The number of nitrogens with zero attached hydrogens (tertiary/aromatic N) is 1. The van der Waals surface area contributed by atoms with E-state index in [1.807, 2.05) is 6.07 Å². The van der Waals surface area contributed by atoms with Crippen LogP contribution in [0.4, 0.5) is 14.5 Å². The minimum absolute atomic E-state index is 0.340. The molecule has 1 unspecified atom stereocenters. The first kappa shape index (κ1) is 19.1. The highest BCUT2D eigenvalue weighted by atomic mass is 19.1. The zero-order valence-electron chi connectivity index (χ0n) is 14.2. The monoisotopic (exact) mass is 357 g/mol. The lowest BCUT2D eigenvalue weighted by Gasteiger charge is -2.22. The van der Waals surface area contributed by atoms with Crippen molar-refractivity contribution in [1.82, 2.24) is 5.32 Å². The van der Waals surface area contributed by atoms with E-state index in [4.69, 9.17) is 5.26 Å². The van der Waals surface area contributed by atoms with Crippen LogP contribution in [-0.4, -0.2) is 17.9 Å². The number of halogens is 2. The summed E-state index contributed by atoms with van der Waals surface area (Å²) in [5, 5.41) is 13.9. The first-order chi connectivity index (χ1) is 12.3. The Balaban J connectivity index is 2.19. The number of anilines is 1. The van der Waals surface area contributed by atoms with Gasteiger partial charge in [0.25, 0.3) is 5.91 Å². The molecule has 2 N–H and O–H groups in total. The fourth-order valence-corrected chi connectivity index (χ4v) is 2.35. The Kier molecular flexibility index (Phi) is 6.02. The molecule has 7 heteroatoms. The van der Waals surface area contributed by atoms with Gasteiger partial charge in [-0.05, 0) is 36.2 Å². The summed E-state index contributed by atoms with van der Waals surface area (Å²) in [6, 6.07) is 10.3. The predicted octanol–water partition coefficient (Wildman–Crippen LogP) is 3.23. The van der Waals surface area contributed by atoms with Gasteiger partial charge in [-0.2, -0.15) is 5.26 Å². The summed E-state index contributed by atoms with van der Waals surface area (Å²) in [6.07, 6.45) is 0. The second-order valence-corrected chi connectivity index (χ2v) is 5.97. The van der Waals surface area contributed by atoms with Gasteiger partial charge in [-0.1, -0.05) is 26.0 Å². The Morgan fingerprint density at radius 3 is 2.27 bits per heavy atom. The summed E-state index contributed by atoms with van der Waals surface area (Å²) in [5.74, 6) is -3.92. The number of carbonyl (C=O) groups excluding carboxylic acids is 2. The van der Waals surface area contributed by atoms with E-state index in [0.29, 0.717) is 11.3 Å². The van der Waals surface area contributed by atoms with Crippen LogP contribution in [0, 0.1) is 28.9 Å². The molecule has 0 aliphatic carbocycles. The highest BCUT2D eigenvalue weighted by Crippen LogP contribution is 2.15. The van der Waals surface area contributed by atoms with Crippen molar-refractivity contribution >= 4 is 17.5 Å². The summed E-state index contributed by atoms with van der Waals surface area (Å²) < 4.78 is 27.5. The lowest BCUT2D eigenvalue weighted by atomic mass is 10.0. The molecule has 2 rings (SSSR count). The van der Waals surface area contributed by atoms with Crippen molar-refractivity contribution in [2.75, 3.05) is 5.32 Å². The molecule has 0 radical (unpaired) electrons. The summed E-state index contributed by atoms with van der Waals surface area (Å²) >= 11 is 0. The van der Waals surface area contributed by atoms with Crippen LogP contribution in [0.1, 0.15) is 29.8 Å². The van der Waals surface area contributed by atoms with Gasteiger partial charge in [0.05, 0.1) is 11.6 Å². The summed E-state index contributed by atoms with van der Waals surface area (Å²) in [6.45, 7) is 3.38. The summed E-state index contributed by atoms with van der Waals surface area (Å²) in [5.41, 5.74) is 0.00445. The third kappa shape index (κ3) is 4.42. The molecule has 0 saturated carbocycles. The summed E-state index contributed by atoms with van der Waals surface area (Å²) in [4.78, 5) is 24.7. The van der Waals surface area contributed by atoms with Crippen LogP contribution >= 0.6 is 0 Å².